The molecular weight excluding hydrogens is 492 g/mol. The highest BCUT2D eigenvalue weighted by Gasteiger charge is 2.17. The molecule has 6 nitrogen and oxygen atoms in total. The van der Waals surface area contributed by atoms with Crippen LogP contribution in [0.25, 0.3) is 23.3 Å². The van der Waals surface area contributed by atoms with Crippen LogP contribution in [0.2, 0.25) is 0 Å². The Labute approximate surface area is 229 Å². The molecule has 3 rings (SSSR count). The lowest BCUT2D eigenvalue weighted by Crippen LogP contribution is -2.22. The van der Waals surface area contributed by atoms with E-state index < -0.39 is 18.2 Å². The van der Waals surface area contributed by atoms with E-state index in [2.05, 4.69) is 13.2 Å². The number of rotatable bonds is 10. The van der Waals surface area contributed by atoms with Gasteiger partial charge < -0.3 is 19.3 Å². The highest BCUT2D eigenvalue weighted by atomic mass is 16.6. The molecular formula is C33H34O6. The maximum absolute atomic E-state index is 11.8. The number of hydrogen-bond donors (Lipinski definition) is 1. The molecule has 0 aliphatic carbocycles. The van der Waals surface area contributed by atoms with Gasteiger partial charge in [-0.1, -0.05) is 69.5 Å². The number of benzene rings is 3. The number of carbonyl (C=O) groups excluding carboxylic acids is 2. The van der Waals surface area contributed by atoms with E-state index in [0.29, 0.717) is 28.4 Å². The van der Waals surface area contributed by atoms with Crippen molar-refractivity contribution in [3.63, 3.8) is 0 Å². The number of aryl methyl sites for hydroxylation is 1. The summed E-state index contributed by atoms with van der Waals surface area (Å²) in [6.45, 7) is 16.1. The largest absolute Gasteiger partial charge is 0.464 e. The minimum absolute atomic E-state index is 0.112. The van der Waals surface area contributed by atoms with Crippen LogP contribution in [0.1, 0.15) is 44.4 Å². The van der Waals surface area contributed by atoms with Crippen molar-refractivity contribution >= 4 is 24.1 Å². The van der Waals surface area contributed by atoms with Gasteiger partial charge >= 0.3 is 11.9 Å². The predicted molar refractivity (Wildman–Crippen MR) is 154 cm³/mol. The van der Waals surface area contributed by atoms with E-state index in [9.17, 15) is 14.7 Å². The predicted octanol–water partition coefficient (Wildman–Crippen LogP) is 7.15. The van der Waals surface area contributed by atoms with Gasteiger partial charge in [-0.15, -0.1) is 0 Å². The van der Waals surface area contributed by atoms with Crippen LogP contribution < -0.4 is 14.2 Å². The molecule has 0 bridgehead atoms. The van der Waals surface area contributed by atoms with E-state index in [4.69, 9.17) is 14.2 Å². The van der Waals surface area contributed by atoms with Crippen molar-refractivity contribution in [2.24, 2.45) is 5.92 Å². The van der Waals surface area contributed by atoms with Crippen molar-refractivity contribution < 1.29 is 28.9 Å². The zero-order valence-corrected chi connectivity index (χ0v) is 23.0. The van der Waals surface area contributed by atoms with E-state index in [1.54, 1.807) is 38.1 Å². The van der Waals surface area contributed by atoms with E-state index in [1.807, 2.05) is 69.3 Å². The average Bonchev–Trinajstić information content (AvgIpc) is 2.88. The summed E-state index contributed by atoms with van der Waals surface area (Å²) in [6, 6.07) is 18.2. The first kappa shape index (κ1) is 29.1. The summed E-state index contributed by atoms with van der Waals surface area (Å²) < 4.78 is 16.5. The fourth-order valence-corrected chi connectivity index (χ4v) is 3.52. The topological polar surface area (TPSA) is 82.1 Å². The standard InChI is InChI=1S/C33H34O6/c1-20(2)31(34)37-27-14-10-24(11-15-27)8-9-25-18-23(7)30(29(19-25)39-33(36)22(5)6)26-12-16-28(17-13-26)38-32(35)21(3)4/h8-19,22,33,36H,1,3H2,2,4-7H3/b9-8+. The van der Waals surface area contributed by atoms with Crippen molar-refractivity contribution in [1.29, 1.82) is 0 Å². The Morgan fingerprint density at radius 1 is 0.795 bits per heavy atom. The Morgan fingerprint density at radius 3 is 1.77 bits per heavy atom. The highest BCUT2D eigenvalue weighted by molar-refractivity contribution is 5.89. The first-order chi connectivity index (χ1) is 18.4. The van der Waals surface area contributed by atoms with Crippen LogP contribution in [-0.2, 0) is 9.59 Å². The third-order valence-electron chi connectivity index (χ3n) is 5.75. The Bertz CT molecular complexity index is 1400. The van der Waals surface area contributed by atoms with Gasteiger partial charge in [-0.05, 0) is 73.4 Å². The Balaban J connectivity index is 1.90. The quantitative estimate of drug-likeness (QED) is 0.0993. The summed E-state index contributed by atoms with van der Waals surface area (Å²) in [5.74, 6) is 0.325. The van der Waals surface area contributed by atoms with Gasteiger partial charge in [0.05, 0.1) is 0 Å². The van der Waals surface area contributed by atoms with Crippen LogP contribution in [0.4, 0.5) is 0 Å². The molecule has 0 fully saturated rings. The summed E-state index contributed by atoms with van der Waals surface area (Å²) in [4.78, 5) is 23.6. The monoisotopic (exact) mass is 526 g/mol. The SMILES string of the molecule is C=C(C)C(=O)Oc1ccc(/C=C/c2cc(C)c(-c3ccc(OC(=O)C(=C)C)cc3)c(OC(O)C(C)C)c2)cc1. The number of esters is 2. The molecule has 3 aromatic carbocycles. The molecule has 3 aromatic rings. The number of hydrogen-bond acceptors (Lipinski definition) is 6. The van der Waals surface area contributed by atoms with Gasteiger partial charge in [-0.2, -0.15) is 0 Å². The molecule has 0 radical (unpaired) electrons. The van der Waals surface area contributed by atoms with Crippen LogP contribution in [0.3, 0.4) is 0 Å². The van der Waals surface area contributed by atoms with Crippen molar-refractivity contribution in [3.8, 4) is 28.4 Å². The van der Waals surface area contributed by atoms with E-state index >= 15 is 0 Å². The second-order valence-electron chi connectivity index (χ2n) is 9.73. The molecule has 0 aliphatic heterocycles. The third-order valence-corrected chi connectivity index (χ3v) is 5.75. The van der Waals surface area contributed by atoms with Gasteiger partial charge in [-0.25, -0.2) is 9.59 Å². The maximum Gasteiger partial charge on any atom is 0.338 e. The Morgan fingerprint density at radius 2 is 1.28 bits per heavy atom. The average molecular weight is 527 g/mol. The first-order valence-electron chi connectivity index (χ1n) is 12.6. The van der Waals surface area contributed by atoms with E-state index in [1.165, 1.54) is 0 Å². The molecule has 0 amide bonds. The summed E-state index contributed by atoms with van der Waals surface area (Å²) in [5, 5.41) is 10.5. The third kappa shape index (κ3) is 8.03. The number of aliphatic hydroxyl groups excluding tert-OH is 1. The first-order valence-corrected chi connectivity index (χ1v) is 12.6. The lowest BCUT2D eigenvalue weighted by atomic mass is 9.96. The van der Waals surface area contributed by atoms with E-state index in [-0.39, 0.29) is 5.92 Å². The molecule has 39 heavy (non-hydrogen) atoms. The zero-order valence-electron chi connectivity index (χ0n) is 23.0. The molecule has 0 aromatic heterocycles. The van der Waals surface area contributed by atoms with Crippen LogP contribution in [-0.4, -0.2) is 23.3 Å². The number of ether oxygens (including phenoxy) is 3. The highest BCUT2D eigenvalue weighted by Crippen LogP contribution is 2.37. The second-order valence-corrected chi connectivity index (χ2v) is 9.73. The summed E-state index contributed by atoms with van der Waals surface area (Å²) in [5.41, 5.74) is 5.07. The van der Waals surface area contributed by atoms with Gasteiger partial charge in [0.25, 0.3) is 0 Å². The molecule has 1 N–H and O–H groups in total. The maximum atomic E-state index is 11.8. The van der Waals surface area contributed by atoms with Gasteiger partial charge in [-0.3, -0.25) is 0 Å². The Kier molecular flexibility index (Phi) is 9.63. The Hall–Kier alpha value is -4.42. The molecule has 0 saturated heterocycles. The van der Waals surface area contributed by atoms with Gasteiger partial charge in [0, 0.05) is 22.6 Å². The van der Waals surface area contributed by atoms with Crippen LogP contribution in [0, 0.1) is 12.8 Å². The number of aliphatic hydroxyl groups is 1. The smallest absolute Gasteiger partial charge is 0.338 e. The fraction of sp³-hybridized carbons (Fsp3) is 0.212. The molecule has 0 heterocycles. The molecule has 1 unspecified atom stereocenters. The molecule has 1 atom stereocenters. The fourth-order valence-electron chi connectivity index (χ4n) is 3.52. The van der Waals surface area contributed by atoms with Crippen LogP contribution >= 0.6 is 0 Å². The van der Waals surface area contributed by atoms with Crippen molar-refractivity contribution in [1.82, 2.24) is 0 Å². The normalized spacial score (nSPS) is 11.8. The molecule has 0 aliphatic rings. The van der Waals surface area contributed by atoms with Gasteiger partial charge in [0.1, 0.15) is 17.2 Å². The van der Waals surface area contributed by atoms with Crippen LogP contribution in [0.15, 0.2) is 85.0 Å². The summed E-state index contributed by atoms with van der Waals surface area (Å²) in [7, 11) is 0. The summed E-state index contributed by atoms with van der Waals surface area (Å²) in [6.07, 6.45) is 2.89. The van der Waals surface area contributed by atoms with Crippen molar-refractivity contribution in [2.45, 2.75) is 40.9 Å². The second kappa shape index (κ2) is 12.9. The summed E-state index contributed by atoms with van der Waals surface area (Å²) >= 11 is 0. The van der Waals surface area contributed by atoms with Gasteiger partial charge in [0.2, 0.25) is 0 Å². The molecule has 0 spiro atoms. The van der Waals surface area contributed by atoms with Gasteiger partial charge in [0.15, 0.2) is 6.29 Å². The van der Waals surface area contributed by atoms with E-state index in [0.717, 1.165) is 27.8 Å². The minimum atomic E-state index is -0.993. The lowest BCUT2D eigenvalue weighted by Gasteiger charge is -2.21. The molecule has 202 valence electrons. The molecule has 6 heteroatoms. The van der Waals surface area contributed by atoms with Crippen molar-refractivity contribution in [3.05, 3.63) is 102 Å². The minimum Gasteiger partial charge on any atom is -0.464 e. The van der Waals surface area contributed by atoms with Crippen molar-refractivity contribution in [2.75, 3.05) is 0 Å². The molecule has 0 saturated carbocycles. The number of carbonyl (C=O) groups is 2. The lowest BCUT2D eigenvalue weighted by molar-refractivity contribution is -0.130. The van der Waals surface area contributed by atoms with Crippen LogP contribution in [0.5, 0.6) is 17.2 Å². The zero-order chi connectivity index (χ0) is 28.7.